The number of nitrogens with zero attached hydrogens (tertiary/aromatic N) is 5. The van der Waals surface area contributed by atoms with Gasteiger partial charge in [-0.1, -0.05) is 0 Å². The molecular weight excluding hydrogens is 276 g/mol. The molecule has 0 bridgehead atoms. The SMILES string of the molecule is c1c[nH]c(CN2CCc3nc(-c4cncnc4)ncc3C2)c1. The van der Waals surface area contributed by atoms with Crippen LogP contribution in [-0.4, -0.2) is 36.4 Å². The van der Waals surface area contributed by atoms with Crippen LogP contribution < -0.4 is 0 Å². The average molecular weight is 292 g/mol. The van der Waals surface area contributed by atoms with Gasteiger partial charge >= 0.3 is 0 Å². The van der Waals surface area contributed by atoms with Crippen LogP contribution in [0.25, 0.3) is 11.4 Å². The van der Waals surface area contributed by atoms with Crippen molar-refractivity contribution in [3.8, 4) is 11.4 Å². The Morgan fingerprint density at radius 2 is 2.09 bits per heavy atom. The Morgan fingerprint density at radius 3 is 2.91 bits per heavy atom. The molecule has 0 saturated carbocycles. The van der Waals surface area contributed by atoms with Crippen LogP contribution in [0.5, 0.6) is 0 Å². The molecule has 22 heavy (non-hydrogen) atoms. The molecule has 4 heterocycles. The largest absolute Gasteiger partial charge is 0.364 e. The predicted molar refractivity (Wildman–Crippen MR) is 81.7 cm³/mol. The van der Waals surface area contributed by atoms with Gasteiger partial charge in [-0.15, -0.1) is 0 Å². The zero-order valence-corrected chi connectivity index (χ0v) is 12.1. The monoisotopic (exact) mass is 292 g/mol. The van der Waals surface area contributed by atoms with E-state index in [0.29, 0.717) is 5.82 Å². The average Bonchev–Trinajstić information content (AvgIpc) is 3.08. The van der Waals surface area contributed by atoms with Crippen molar-refractivity contribution in [3.63, 3.8) is 0 Å². The molecule has 4 rings (SSSR count). The third kappa shape index (κ3) is 2.60. The van der Waals surface area contributed by atoms with Crippen LogP contribution >= 0.6 is 0 Å². The van der Waals surface area contributed by atoms with Crippen molar-refractivity contribution in [3.05, 3.63) is 60.2 Å². The standard InChI is InChI=1S/C16H16N6/c1-2-14(19-4-1)10-22-5-3-15-13(9-22)8-20-16(21-15)12-6-17-11-18-7-12/h1-2,4,6-8,11,19H,3,5,9-10H2. The maximum absolute atomic E-state index is 4.69. The Balaban J connectivity index is 1.54. The number of rotatable bonds is 3. The van der Waals surface area contributed by atoms with Gasteiger partial charge in [0, 0.05) is 62.1 Å². The van der Waals surface area contributed by atoms with Crippen LogP contribution in [0.1, 0.15) is 17.0 Å². The van der Waals surface area contributed by atoms with Gasteiger partial charge in [0.2, 0.25) is 0 Å². The molecule has 0 radical (unpaired) electrons. The third-order valence-electron chi connectivity index (χ3n) is 3.89. The van der Waals surface area contributed by atoms with E-state index in [0.717, 1.165) is 37.3 Å². The topological polar surface area (TPSA) is 70.6 Å². The van der Waals surface area contributed by atoms with Crippen LogP contribution in [0.2, 0.25) is 0 Å². The van der Waals surface area contributed by atoms with E-state index in [9.17, 15) is 0 Å². The van der Waals surface area contributed by atoms with Crippen molar-refractivity contribution in [2.75, 3.05) is 6.54 Å². The van der Waals surface area contributed by atoms with E-state index < -0.39 is 0 Å². The van der Waals surface area contributed by atoms with E-state index >= 15 is 0 Å². The molecule has 3 aromatic rings. The van der Waals surface area contributed by atoms with E-state index in [-0.39, 0.29) is 0 Å². The van der Waals surface area contributed by atoms with Crippen molar-refractivity contribution >= 4 is 0 Å². The van der Waals surface area contributed by atoms with Crippen molar-refractivity contribution in [1.29, 1.82) is 0 Å². The Bertz CT molecular complexity index is 754. The van der Waals surface area contributed by atoms with Crippen LogP contribution in [0.4, 0.5) is 0 Å². The van der Waals surface area contributed by atoms with Gasteiger partial charge in [-0.25, -0.2) is 19.9 Å². The molecule has 0 saturated heterocycles. The minimum Gasteiger partial charge on any atom is -0.364 e. The number of H-pyrrole nitrogens is 1. The summed E-state index contributed by atoms with van der Waals surface area (Å²) in [7, 11) is 0. The van der Waals surface area contributed by atoms with Crippen molar-refractivity contribution in [1.82, 2.24) is 29.8 Å². The number of aromatic nitrogens is 5. The molecule has 0 atom stereocenters. The molecule has 0 fully saturated rings. The zero-order valence-electron chi connectivity index (χ0n) is 12.1. The second-order valence-electron chi connectivity index (χ2n) is 5.45. The van der Waals surface area contributed by atoms with Gasteiger partial charge < -0.3 is 4.98 Å². The molecule has 1 N–H and O–H groups in total. The molecule has 1 aliphatic heterocycles. The number of fused-ring (bicyclic) bond motifs is 1. The summed E-state index contributed by atoms with van der Waals surface area (Å²) in [6, 6.07) is 4.15. The Morgan fingerprint density at radius 1 is 1.18 bits per heavy atom. The van der Waals surface area contributed by atoms with Gasteiger partial charge in [-0.05, 0) is 12.1 Å². The first-order chi connectivity index (χ1) is 10.9. The fourth-order valence-electron chi connectivity index (χ4n) is 2.77. The Hall–Kier alpha value is -2.60. The lowest BCUT2D eigenvalue weighted by atomic mass is 10.1. The third-order valence-corrected chi connectivity index (χ3v) is 3.89. The van der Waals surface area contributed by atoms with Gasteiger partial charge in [-0.3, -0.25) is 4.90 Å². The van der Waals surface area contributed by atoms with Gasteiger partial charge in [0.05, 0.1) is 11.3 Å². The summed E-state index contributed by atoms with van der Waals surface area (Å²) in [6.45, 7) is 2.83. The van der Waals surface area contributed by atoms with E-state index in [4.69, 9.17) is 0 Å². The first-order valence-electron chi connectivity index (χ1n) is 7.33. The maximum Gasteiger partial charge on any atom is 0.162 e. The minimum atomic E-state index is 0.706. The molecule has 0 aliphatic carbocycles. The highest BCUT2D eigenvalue weighted by molar-refractivity contribution is 5.52. The predicted octanol–water partition coefficient (Wildman–Crippen LogP) is 1.82. The van der Waals surface area contributed by atoms with Crippen LogP contribution in [0, 0.1) is 0 Å². The van der Waals surface area contributed by atoms with E-state index in [1.54, 1.807) is 12.4 Å². The fraction of sp³-hybridized carbons (Fsp3) is 0.250. The molecule has 110 valence electrons. The van der Waals surface area contributed by atoms with Crippen LogP contribution in [0.3, 0.4) is 0 Å². The van der Waals surface area contributed by atoms with E-state index in [1.165, 1.54) is 17.6 Å². The molecule has 3 aromatic heterocycles. The fourth-order valence-corrected chi connectivity index (χ4v) is 2.77. The van der Waals surface area contributed by atoms with Crippen molar-refractivity contribution in [2.45, 2.75) is 19.5 Å². The van der Waals surface area contributed by atoms with E-state index in [2.05, 4.69) is 35.9 Å². The summed E-state index contributed by atoms with van der Waals surface area (Å²) >= 11 is 0. The summed E-state index contributed by atoms with van der Waals surface area (Å²) in [5, 5.41) is 0. The van der Waals surface area contributed by atoms with Crippen molar-refractivity contribution < 1.29 is 0 Å². The van der Waals surface area contributed by atoms with Gasteiger partial charge in [-0.2, -0.15) is 0 Å². The van der Waals surface area contributed by atoms with Gasteiger partial charge in [0.15, 0.2) is 5.82 Å². The summed E-state index contributed by atoms with van der Waals surface area (Å²) in [5.41, 5.74) is 4.44. The molecule has 0 spiro atoms. The second-order valence-corrected chi connectivity index (χ2v) is 5.45. The summed E-state index contributed by atoms with van der Waals surface area (Å²) in [5.74, 6) is 0.706. The second kappa shape index (κ2) is 5.65. The smallest absolute Gasteiger partial charge is 0.162 e. The lowest BCUT2D eigenvalue weighted by Gasteiger charge is -2.27. The lowest BCUT2D eigenvalue weighted by Crippen LogP contribution is -2.31. The Labute approximate surface area is 128 Å². The first kappa shape index (κ1) is 13.1. The molecule has 6 heteroatoms. The molecule has 0 amide bonds. The number of hydrogen-bond donors (Lipinski definition) is 1. The van der Waals surface area contributed by atoms with Gasteiger partial charge in [0.25, 0.3) is 0 Å². The highest BCUT2D eigenvalue weighted by Crippen LogP contribution is 2.21. The highest BCUT2D eigenvalue weighted by atomic mass is 15.1. The van der Waals surface area contributed by atoms with Crippen molar-refractivity contribution in [2.24, 2.45) is 0 Å². The van der Waals surface area contributed by atoms with E-state index in [1.807, 2.05) is 18.5 Å². The number of hydrogen-bond acceptors (Lipinski definition) is 5. The molecule has 1 aliphatic rings. The van der Waals surface area contributed by atoms with Crippen LogP contribution in [0.15, 0.2) is 43.2 Å². The zero-order chi connectivity index (χ0) is 14.8. The number of nitrogens with one attached hydrogen (secondary N) is 1. The number of aromatic amines is 1. The Kier molecular flexibility index (Phi) is 3.36. The summed E-state index contributed by atoms with van der Waals surface area (Å²) in [4.78, 5) is 22.9. The normalized spacial score (nSPS) is 14.7. The van der Waals surface area contributed by atoms with Gasteiger partial charge in [0.1, 0.15) is 6.33 Å². The first-order valence-corrected chi connectivity index (χ1v) is 7.33. The van der Waals surface area contributed by atoms with Crippen LogP contribution in [-0.2, 0) is 19.5 Å². The maximum atomic E-state index is 4.69. The quantitative estimate of drug-likeness (QED) is 0.797. The minimum absolute atomic E-state index is 0.706. The molecule has 6 nitrogen and oxygen atoms in total. The highest BCUT2D eigenvalue weighted by Gasteiger charge is 2.19. The summed E-state index contributed by atoms with van der Waals surface area (Å²) in [6.07, 6.45) is 9.85. The lowest BCUT2D eigenvalue weighted by molar-refractivity contribution is 0.240. The molecular formula is C16H16N6. The molecule has 0 aromatic carbocycles. The summed E-state index contributed by atoms with van der Waals surface area (Å²) < 4.78 is 0. The molecule has 0 unspecified atom stereocenters.